The van der Waals surface area contributed by atoms with Crippen molar-refractivity contribution in [1.82, 2.24) is 14.9 Å². The maximum Gasteiger partial charge on any atom is 0.410 e. The number of carbonyl (C=O) groups is 2. The summed E-state index contributed by atoms with van der Waals surface area (Å²) in [4.78, 5) is 37.0. The fourth-order valence-corrected chi connectivity index (χ4v) is 3.30. The summed E-state index contributed by atoms with van der Waals surface area (Å²) in [7, 11) is 1.56. The molecule has 172 valence electrons. The van der Waals surface area contributed by atoms with E-state index in [1.165, 1.54) is 6.20 Å². The number of para-hydroxylation sites is 2. The molecule has 32 heavy (non-hydrogen) atoms. The summed E-state index contributed by atoms with van der Waals surface area (Å²) >= 11 is 0. The van der Waals surface area contributed by atoms with Gasteiger partial charge in [-0.1, -0.05) is 12.1 Å². The molecule has 0 spiro atoms. The second kappa shape index (κ2) is 9.71. The third-order valence-electron chi connectivity index (χ3n) is 4.83. The number of methoxy groups -OCH3 is 1. The zero-order valence-corrected chi connectivity index (χ0v) is 18.9. The number of anilines is 3. The summed E-state index contributed by atoms with van der Waals surface area (Å²) in [6, 6.07) is 7.31. The molecule has 0 aliphatic carbocycles. The lowest BCUT2D eigenvalue weighted by Crippen LogP contribution is -2.39. The van der Waals surface area contributed by atoms with Crippen molar-refractivity contribution in [2.75, 3.05) is 43.5 Å². The molecule has 3 N–H and O–H groups in total. The van der Waals surface area contributed by atoms with Crippen LogP contribution >= 0.6 is 0 Å². The monoisotopic (exact) mass is 442 g/mol. The summed E-state index contributed by atoms with van der Waals surface area (Å²) in [6.45, 7) is 7.78. The Bertz CT molecular complexity index is 975. The van der Waals surface area contributed by atoms with Crippen LogP contribution in [0.5, 0.6) is 5.75 Å². The zero-order chi connectivity index (χ0) is 23.3. The minimum atomic E-state index is -0.638. The van der Waals surface area contributed by atoms with Gasteiger partial charge >= 0.3 is 6.09 Å². The smallest absolute Gasteiger partial charge is 0.410 e. The molecule has 1 aromatic heterocycles. The first-order chi connectivity index (χ1) is 15.2. The van der Waals surface area contributed by atoms with E-state index in [1.807, 2.05) is 43.9 Å². The molecule has 1 aliphatic rings. The van der Waals surface area contributed by atoms with E-state index in [2.05, 4.69) is 15.3 Å². The van der Waals surface area contributed by atoms with E-state index in [0.717, 1.165) is 6.42 Å². The molecule has 1 aliphatic heterocycles. The number of carbonyl (C=O) groups excluding carboxylic acids is 2. The third kappa shape index (κ3) is 5.77. The Morgan fingerprint density at radius 3 is 2.56 bits per heavy atom. The number of hydrogen-bond donors (Lipinski definition) is 2. The van der Waals surface area contributed by atoms with Crippen LogP contribution in [0.2, 0.25) is 0 Å². The first kappa shape index (κ1) is 23.1. The van der Waals surface area contributed by atoms with Crippen molar-refractivity contribution in [3.8, 4) is 5.75 Å². The number of hydrogen-bond acceptors (Lipinski definition) is 8. The maximum absolute atomic E-state index is 12.4. The fourth-order valence-electron chi connectivity index (χ4n) is 3.30. The molecule has 0 saturated carbocycles. The van der Waals surface area contributed by atoms with Gasteiger partial charge in [0.05, 0.1) is 12.8 Å². The number of nitrogens with zero attached hydrogens (tertiary/aromatic N) is 4. The first-order valence-electron chi connectivity index (χ1n) is 10.5. The Morgan fingerprint density at radius 1 is 1.12 bits per heavy atom. The van der Waals surface area contributed by atoms with Crippen molar-refractivity contribution in [3.05, 3.63) is 36.0 Å². The lowest BCUT2D eigenvalue weighted by Gasteiger charge is -2.26. The molecule has 10 heteroatoms. The van der Waals surface area contributed by atoms with Crippen LogP contribution in [0.15, 0.2) is 30.5 Å². The van der Waals surface area contributed by atoms with Gasteiger partial charge < -0.3 is 30.3 Å². The average molecular weight is 443 g/mol. The Labute approximate surface area is 187 Å². The van der Waals surface area contributed by atoms with Gasteiger partial charge in [0.2, 0.25) is 5.95 Å². The molecule has 0 atom stereocenters. The van der Waals surface area contributed by atoms with E-state index < -0.39 is 11.5 Å². The van der Waals surface area contributed by atoms with Gasteiger partial charge in [-0.25, -0.2) is 9.78 Å². The predicted molar refractivity (Wildman–Crippen MR) is 121 cm³/mol. The number of nitrogens with one attached hydrogen (secondary N) is 1. The maximum atomic E-state index is 12.4. The molecule has 10 nitrogen and oxygen atoms in total. The van der Waals surface area contributed by atoms with Crippen LogP contribution in [0.4, 0.5) is 22.2 Å². The number of ether oxygens (including phenoxy) is 2. The molecule has 0 unspecified atom stereocenters. The second-order valence-electron chi connectivity index (χ2n) is 8.43. The van der Waals surface area contributed by atoms with Gasteiger partial charge in [0.25, 0.3) is 5.91 Å². The van der Waals surface area contributed by atoms with E-state index >= 15 is 0 Å². The lowest BCUT2D eigenvalue weighted by molar-refractivity contribution is 0.0263. The standard InChI is InChI=1S/C22H30N6O4/c1-22(2,3)32-21(30)28-11-7-10-27(12-13-28)20-24-14-15(18(23)29)19(26-20)25-16-8-5-6-9-17(16)31-4/h5-6,8-9,14H,7,10-13H2,1-4H3,(H2,23,29)(H,24,25,26). The molecule has 2 amide bonds. The number of primary amides is 1. The molecule has 1 fully saturated rings. The number of aromatic nitrogens is 2. The van der Waals surface area contributed by atoms with Gasteiger partial charge in [-0.15, -0.1) is 0 Å². The van der Waals surface area contributed by atoms with Crippen LogP contribution in [0.3, 0.4) is 0 Å². The van der Waals surface area contributed by atoms with E-state index in [1.54, 1.807) is 18.1 Å². The number of nitrogens with two attached hydrogens (primary N) is 1. The normalized spacial score (nSPS) is 14.5. The molecule has 2 aromatic rings. The van der Waals surface area contributed by atoms with E-state index in [4.69, 9.17) is 15.2 Å². The zero-order valence-electron chi connectivity index (χ0n) is 18.9. The Balaban J connectivity index is 1.80. The van der Waals surface area contributed by atoms with Gasteiger partial charge in [0.15, 0.2) is 0 Å². The van der Waals surface area contributed by atoms with Crippen LogP contribution in [0.1, 0.15) is 37.6 Å². The van der Waals surface area contributed by atoms with E-state index in [-0.39, 0.29) is 11.7 Å². The number of rotatable bonds is 5. The Kier molecular flexibility index (Phi) is 7.01. The van der Waals surface area contributed by atoms with Crippen molar-refractivity contribution in [1.29, 1.82) is 0 Å². The van der Waals surface area contributed by atoms with Gasteiger partial charge in [-0.2, -0.15) is 4.98 Å². The Hall–Kier alpha value is -3.56. The summed E-state index contributed by atoms with van der Waals surface area (Å²) < 4.78 is 10.9. The largest absolute Gasteiger partial charge is 0.495 e. The molecular weight excluding hydrogens is 412 g/mol. The van der Waals surface area contributed by atoms with Crippen molar-refractivity contribution in [2.24, 2.45) is 5.73 Å². The van der Waals surface area contributed by atoms with Crippen LogP contribution in [0, 0.1) is 0 Å². The summed E-state index contributed by atoms with van der Waals surface area (Å²) in [5, 5.41) is 3.13. The number of amides is 2. The predicted octanol–water partition coefficient (Wildman–Crippen LogP) is 2.77. The van der Waals surface area contributed by atoms with Gasteiger partial charge in [0, 0.05) is 32.4 Å². The van der Waals surface area contributed by atoms with E-state index in [0.29, 0.717) is 49.4 Å². The van der Waals surface area contributed by atoms with Crippen LogP contribution in [-0.4, -0.2) is 65.8 Å². The quantitative estimate of drug-likeness (QED) is 0.725. The molecule has 2 heterocycles. The average Bonchev–Trinajstić information content (AvgIpc) is 2.99. The van der Waals surface area contributed by atoms with Crippen LogP contribution < -0.4 is 20.7 Å². The molecule has 1 aromatic carbocycles. The molecular formula is C22H30N6O4. The van der Waals surface area contributed by atoms with E-state index in [9.17, 15) is 9.59 Å². The fraction of sp³-hybridized carbons (Fsp3) is 0.455. The van der Waals surface area contributed by atoms with Gasteiger partial charge in [-0.05, 0) is 39.3 Å². The highest BCUT2D eigenvalue weighted by atomic mass is 16.6. The van der Waals surface area contributed by atoms with Gasteiger partial charge in [-0.3, -0.25) is 4.79 Å². The van der Waals surface area contributed by atoms with Crippen LogP contribution in [0.25, 0.3) is 0 Å². The van der Waals surface area contributed by atoms with Crippen LogP contribution in [-0.2, 0) is 4.74 Å². The second-order valence-corrected chi connectivity index (χ2v) is 8.43. The first-order valence-corrected chi connectivity index (χ1v) is 10.5. The summed E-state index contributed by atoms with van der Waals surface area (Å²) in [5.41, 5.74) is 5.81. The molecule has 1 saturated heterocycles. The van der Waals surface area contributed by atoms with Crippen molar-refractivity contribution < 1.29 is 19.1 Å². The van der Waals surface area contributed by atoms with Gasteiger partial charge in [0.1, 0.15) is 22.7 Å². The highest BCUT2D eigenvalue weighted by Crippen LogP contribution is 2.28. The Morgan fingerprint density at radius 2 is 1.88 bits per heavy atom. The SMILES string of the molecule is COc1ccccc1Nc1nc(N2CCCN(C(=O)OC(C)(C)C)CC2)ncc1C(N)=O. The van der Waals surface area contributed by atoms with Crippen molar-refractivity contribution >= 4 is 29.5 Å². The van der Waals surface area contributed by atoms with Crippen molar-refractivity contribution in [2.45, 2.75) is 32.8 Å². The third-order valence-corrected chi connectivity index (χ3v) is 4.83. The van der Waals surface area contributed by atoms with Crippen molar-refractivity contribution in [3.63, 3.8) is 0 Å². The minimum absolute atomic E-state index is 0.171. The highest BCUT2D eigenvalue weighted by molar-refractivity contribution is 5.98. The lowest BCUT2D eigenvalue weighted by atomic mass is 10.2. The number of benzene rings is 1. The highest BCUT2D eigenvalue weighted by Gasteiger charge is 2.26. The minimum Gasteiger partial charge on any atom is -0.495 e. The molecule has 3 rings (SSSR count). The summed E-state index contributed by atoms with van der Waals surface area (Å²) in [6.07, 6.45) is 1.82. The molecule has 0 radical (unpaired) electrons. The topological polar surface area (TPSA) is 123 Å². The molecule has 0 bridgehead atoms. The summed E-state index contributed by atoms with van der Waals surface area (Å²) in [5.74, 6) is 0.699.